The molecule has 0 aliphatic carbocycles. The Kier molecular flexibility index (Phi) is 6.32. The predicted molar refractivity (Wildman–Crippen MR) is 109 cm³/mol. The van der Waals surface area contributed by atoms with E-state index in [2.05, 4.69) is 10.6 Å². The maximum Gasteiger partial charge on any atom is 0.271 e. The molecule has 146 valence electrons. The highest BCUT2D eigenvalue weighted by molar-refractivity contribution is 5.96. The molecule has 0 radical (unpaired) electrons. The highest BCUT2D eigenvalue weighted by atomic mass is 16.6. The van der Waals surface area contributed by atoms with E-state index in [0.717, 1.165) is 5.56 Å². The van der Waals surface area contributed by atoms with E-state index in [1.807, 2.05) is 36.4 Å². The lowest BCUT2D eigenvalue weighted by Gasteiger charge is -2.19. The van der Waals surface area contributed by atoms with Crippen molar-refractivity contribution < 1.29 is 14.5 Å². The van der Waals surface area contributed by atoms with Crippen molar-refractivity contribution in [1.82, 2.24) is 5.32 Å². The Bertz CT molecular complexity index is 1010. The maximum atomic E-state index is 12.6. The minimum Gasteiger partial charge on any atom is -0.345 e. The average molecular weight is 389 g/mol. The van der Waals surface area contributed by atoms with E-state index in [9.17, 15) is 19.7 Å². The fourth-order valence-corrected chi connectivity index (χ4v) is 2.86. The molecule has 0 fully saturated rings. The number of nitro benzene ring substituents is 1. The van der Waals surface area contributed by atoms with Gasteiger partial charge in [0.05, 0.1) is 17.4 Å². The summed E-state index contributed by atoms with van der Waals surface area (Å²) in [6.07, 6.45) is -0.0225. The lowest BCUT2D eigenvalue weighted by Crippen LogP contribution is -2.31. The third-order valence-electron chi connectivity index (χ3n) is 4.27. The summed E-state index contributed by atoms with van der Waals surface area (Å²) in [5.41, 5.74) is 1.49. The van der Waals surface area contributed by atoms with Crippen molar-refractivity contribution in [2.45, 2.75) is 12.5 Å². The zero-order valence-electron chi connectivity index (χ0n) is 15.4. The summed E-state index contributed by atoms with van der Waals surface area (Å²) in [6, 6.07) is 23.1. The van der Waals surface area contributed by atoms with Gasteiger partial charge in [0, 0.05) is 23.4 Å². The van der Waals surface area contributed by atoms with Crippen LogP contribution in [0.2, 0.25) is 0 Å². The Balaban J connectivity index is 1.74. The Hall–Kier alpha value is -4.00. The average Bonchev–Trinajstić information content (AvgIpc) is 2.74. The summed E-state index contributed by atoms with van der Waals surface area (Å²) in [6.45, 7) is 0. The van der Waals surface area contributed by atoms with Crippen LogP contribution in [-0.2, 0) is 4.79 Å². The molecule has 7 nitrogen and oxygen atoms in total. The van der Waals surface area contributed by atoms with Gasteiger partial charge in [0.2, 0.25) is 5.91 Å². The smallest absolute Gasteiger partial charge is 0.271 e. The molecule has 0 bridgehead atoms. The van der Waals surface area contributed by atoms with Gasteiger partial charge in [-0.05, 0) is 23.8 Å². The monoisotopic (exact) mass is 389 g/mol. The number of nitrogens with one attached hydrogen (secondary N) is 2. The molecule has 0 unspecified atom stereocenters. The number of rotatable bonds is 7. The van der Waals surface area contributed by atoms with Crippen LogP contribution in [-0.4, -0.2) is 16.7 Å². The van der Waals surface area contributed by atoms with Gasteiger partial charge in [-0.15, -0.1) is 0 Å². The molecular formula is C22H19N3O4. The first-order valence-electron chi connectivity index (χ1n) is 8.98. The molecule has 0 spiro atoms. The van der Waals surface area contributed by atoms with Crippen molar-refractivity contribution in [3.63, 3.8) is 0 Å². The number of benzene rings is 3. The largest absolute Gasteiger partial charge is 0.345 e. The third-order valence-corrected chi connectivity index (χ3v) is 4.27. The number of amides is 2. The van der Waals surface area contributed by atoms with Gasteiger partial charge in [0.25, 0.3) is 11.6 Å². The first kappa shape index (κ1) is 19.8. The first-order valence-corrected chi connectivity index (χ1v) is 8.98. The van der Waals surface area contributed by atoms with Gasteiger partial charge in [-0.2, -0.15) is 0 Å². The summed E-state index contributed by atoms with van der Waals surface area (Å²) in [5, 5.41) is 16.4. The third kappa shape index (κ3) is 5.49. The summed E-state index contributed by atoms with van der Waals surface area (Å²) >= 11 is 0. The zero-order valence-corrected chi connectivity index (χ0v) is 15.4. The van der Waals surface area contributed by atoms with Gasteiger partial charge in [-0.1, -0.05) is 54.6 Å². The van der Waals surface area contributed by atoms with Gasteiger partial charge in [-0.3, -0.25) is 19.7 Å². The highest BCUT2D eigenvalue weighted by Crippen LogP contribution is 2.21. The van der Waals surface area contributed by atoms with Crippen LogP contribution >= 0.6 is 0 Å². The molecule has 0 saturated heterocycles. The van der Waals surface area contributed by atoms with Crippen molar-refractivity contribution in [1.29, 1.82) is 0 Å². The maximum absolute atomic E-state index is 12.6. The van der Waals surface area contributed by atoms with E-state index in [-0.39, 0.29) is 23.9 Å². The first-order chi connectivity index (χ1) is 14.0. The van der Waals surface area contributed by atoms with Crippen molar-refractivity contribution >= 4 is 23.2 Å². The Morgan fingerprint density at radius 1 is 0.897 bits per heavy atom. The molecular weight excluding hydrogens is 370 g/mol. The topological polar surface area (TPSA) is 101 Å². The number of hydrogen-bond donors (Lipinski definition) is 2. The van der Waals surface area contributed by atoms with Gasteiger partial charge >= 0.3 is 0 Å². The molecule has 3 aromatic rings. The Labute approximate surface area is 167 Å². The molecule has 3 aromatic carbocycles. The van der Waals surface area contributed by atoms with Crippen LogP contribution in [0.5, 0.6) is 0 Å². The van der Waals surface area contributed by atoms with Gasteiger partial charge in [0.1, 0.15) is 0 Å². The fraction of sp³-hybridized carbons (Fsp3) is 0.0909. The van der Waals surface area contributed by atoms with Crippen molar-refractivity contribution in [2.24, 2.45) is 0 Å². The Morgan fingerprint density at radius 2 is 1.55 bits per heavy atom. The molecule has 0 aliphatic heterocycles. The second-order valence-electron chi connectivity index (χ2n) is 6.36. The molecule has 0 saturated carbocycles. The standard InChI is InChI=1S/C22H19N3O4/c26-21(23-18-12-7-13-19(14-18)25(28)29)15-20(16-8-3-1-4-9-16)24-22(27)17-10-5-2-6-11-17/h1-14,20H,15H2,(H,23,26)(H,24,27)/t20-/m1/s1. The number of nitro groups is 1. The fourth-order valence-electron chi connectivity index (χ4n) is 2.86. The molecule has 2 N–H and O–H groups in total. The van der Waals surface area contributed by atoms with E-state index < -0.39 is 11.0 Å². The number of anilines is 1. The normalized spacial score (nSPS) is 11.3. The van der Waals surface area contributed by atoms with Gasteiger partial charge < -0.3 is 10.6 Å². The second kappa shape index (κ2) is 9.27. The summed E-state index contributed by atoms with van der Waals surface area (Å²) in [4.78, 5) is 35.5. The van der Waals surface area contributed by atoms with Gasteiger partial charge in [0.15, 0.2) is 0 Å². The van der Waals surface area contributed by atoms with E-state index in [1.165, 1.54) is 18.2 Å². The zero-order chi connectivity index (χ0) is 20.6. The van der Waals surface area contributed by atoms with Crippen LogP contribution in [0, 0.1) is 10.1 Å². The number of carbonyl (C=O) groups excluding carboxylic acids is 2. The second-order valence-corrected chi connectivity index (χ2v) is 6.36. The lowest BCUT2D eigenvalue weighted by molar-refractivity contribution is -0.384. The van der Waals surface area contributed by atoms with Crippen molar-refractivity contribution in [3.05, 3.63) is 106 Å². The highest BCUT2D eigenvalue weighted by Gasteiger charge is 2.19. The van der Waals surface area contributed by atoms with Crippen LogP contribution in [0.3, 0.4) is 0 Å². The van der Waals surface area contributed by atoms with Crippen molar-refractivity contribution in [3.8, 4) is 0 Å². The molecule has 0 aliphatic rings. The summed E-state index contributed by atoms with van der Waals surface area (Å²) in [7, 11) is 0. The van der Waals surface area contributed by atoms with Crippen LogP contribution in [0.1, 0.15) is 28.4 Å². The van der Waals surface area contributed by atoms with E-state index in [1.54, 1.807) is 30.3 Å². The molecule has 0 aromatic heterocycles. The number of nitrogens with zero attached hydrogens (tertiary/aromatic N) is 1. The number of hydrogen-bond acceptors (Lipinski definition) is 4. The molecule has 1 atom stereocenters. The molecule has 3 rings (SSSR count). The summed E-state index contributed by atoms with van der Waals surface area (Å²) < 4.78 is 0. The Morgan fingerprint density at radius 3 is 2.21 bits per heavy atom. The quantitative estimate of drug-likeness (QED) is 0.469. The van der Waals surface area contributed by atoms with Crippen molar-refractivity contribution in [2.75, 3.05) is 5.32 Å². The molecule has 2 amide bonds. The van der Waals surface area contributed by atoms with Crippen LogP contribution < -0.4 is 10.6 Å². The van der Waals surface area contributed by atoms with Crippen LogP contribution in [0.25, 0.3) is 0 Å². The lowest BCUT2D eigenvalue weighted by atomic mass is 10.0. The molecule has 29 heavy (non-hydrogen) atoms. The minimum atomic E-state index is -0.553. The van der Waals surface area contributed by atoms with Crippen LogP contribution in [0.4, 0.5) is 11.4 Å². The van der Waals surface area contributed by atoms with Crippen LogP contribution in [0.15, 0.2) is 84.9 Å². The summed E-state index contributed by atoms with van der Waals surface area (Å²) in [5.74, 6) is -0.657. The minimum absolute atomic E-state index is 0.0225. The molecule has 7 heteroatoms. The molecule has 0 heterocycles. The number of non-ortho nitro benzene ring substituents is 1. The van der Waals surface area contributed by atoms with E-state index >= 15 is 0 Å². The predicted octanol–water partition coefficient (Wildman–Crippen LogP) is 4.09. The van der Waals surface area contributed by atoms with E-state index in [4.69, 9.17) is 0 Å². The van der Waals surface area contributed by atoms with E-state index in [0.29, 0.717) is 11.3 Å². The van der Waals surface area contributed by atoms with Gasteiger partial charge in [-0.25, -0.2) is 0 Å². The SMILES string of the molecule is O=C(C[C@@H](NC(=O)c1ccccc1)c1ccccc1)Nc1cccc([N+](=O)[O-])c1. The number of carbonyl (C=O) groups is 2.